The fraction of sp³-hybridized carbons (Fsp3) is 0.385. The Hall–Kier alpha value is -2.96. The number of aliphatic hydroxyl groups is 1. The summed E-state index contributed by atoms with van der Waals surface area (Å²) in [5.41, 5.74) is 6.25. The zero-order valence-corrected chi connectivity index (χ0v) is 18.9. The Kier molecular flexibility index (Phi) is 7.02. The second-order valence-corrected chi connectivity index (χ2v) is 8.54. The summed E-state index contributed by atoms with van der Waals surface area (Å²) in [6.45, 7) is 5.31. The van der Waals surface area contributed by atoms with Crippen molar-refractivity contribution in [3.8, 4) is 0 Å². The molecule has 2 N–H and O–H groups in total. The summed E-state index contributed by atoms with van der Waals surface area (Å²) < 4.78 is 0. The Morgan fingerprint density at radius 3 is 2.69 bits per heavy atom. The number of aliphatic imine (C=N–C) groups is 1. The molecule has 0 spiro atoms. The van der Waals surface area contributed by atoms with E-state index in [1.165, 1.54) is 11.1 Å². The van der Waals surface area contributed by atoms with Crippen molar-refractivity contribution in [2.75, 3.05) is 38.5 Å². The topological polar surface area (TPSA) is 68.2 Å². The van der Waals surface area contributed by atoms with E-state index in [1.54, 1.807) is 18.2 Å². The maximum atomic E-state index is 13.2. The second kappa shape index (κ2) is 10.1. The number of rotatable bonds is 7. The average molecular weight is 433 g/mol. The number of nitrogens with one attached hydrogen (secondary N) is 1. The highest BCUT2D eigenvalue weighted by molar-refractivity contribution is 5.98. The normalized spacial score (nSPS) is 17.9. The van der Waals surface area contributed by atoms with E-state index < -0.39 is 6.10 Å². The summed E-state index contributed by atoms with van der Waals surface area (Å²) >= 11 is 0. The smallest absolute Gasteiger partial charge is 0.254 e. The third kappa shape index (κ3) is 5.09. The molecule has 168 valence electrons. The molecule has 0 fully saturated rings. The van der Waals surface area contributed by atoms with Gasteiger partial charge in [-0.1, -0.05) is 36.4 Å². The Morgan fingerprint density at radius 1 is 1.12 bits per heavy atom. The number of aliphatic hydroxyl groups excluding tert-OH is 1. The maximum absolute atomic E-state index is 13.2. The molecular weight excluding hydrogens is 400 g/mol. The van der Waals surface area contributed by atoms with Crippen LogP contribution in [0.25, 0.3) is 0 Å². The van der Waals surface area contributed by atoms with Crippen LogP contribution in [0.15, 0.2) is 59.2 Å². The molecule has 1 unspecified atom stereocenters. The molecule has 2 heterocycles. The van der Waals surface area contributed by atoms with E-state index in [-0.39, 0.29) is 5.91 Å². The van der Waals surface area contributed by atoms with Crippen LogP contribution in [-0.2, 0) is 19.4 Å². The number of carbonyl (C=O) groups excluding carboxylic acids is 1. The zero-order chi connectivity index (χ0) is 22.5. The number of fused-ring (bicyclic) bond motifs is 2. The van der Waals surface area contributed by atoms with Crippen molar-refractivity contribution in [3.05, 3.63) is 76.5 Å². The molecule has 4 rings (SSSR count). The number of hydrogen-bond acceptors (Lipinski definition) is 5. The van der Waals surface area contributed by atoms with Crippen LogP contribution in [0.3, 0.4) is 0 Å². The van der Waals surface area contributed by atoms with Gasteiger partial charge in [-0.25, -0.2) is 0 Å². The first-order chi connectivity index (χ1) is 15.6. The molecule has 32 heavy (non-hydrogen) atoms. The third-order valence-electron chi connectivity index (χ3n) is 6.26. The zero-order valence-electron chi connectivity index (χ0n) is 18.9. The van der Waals surface area contributed by atoms with Crippen LogP contribution in [0.1, 0.15) is 34.0 Å². The highest BCUT2D eigenvalue weighted by atomic mass is 16.3. The van der Waals surface area contributed by atoms with Crippen LogP contribution in [-0.4, -0.2) is 66.4 Å². The van der Waals surface area contributed by atoms with Crippen molar-refractivity contribution in [1.29, 1.82) is 0 Å². The van der Waals surface area contributed by atoms with Crippen LogP contribution >= 0.6 is 0 Å². The standard InChI is InChI=1S/C26H32N4O2/c1-3-22(15-27-2)28-23-9-8-20-11-13-30(26(32)25(20)14-23)18-24(31)17-29-12-10-19-6-4-5-7-21(19)16-29/h3-9,14-15,24,28,31H,10-13,16-18H2,1-2H3/b22-3+,27-15?. The lowest BCUT2D eigenvalue weighted by Gasteiger charge is -2.34. The molecule has 0 saturated heterocycles. The first-order valence-corrected chi connectivity index (χ1v) is 11.3. The summed E-state index contributed by atoms with van der Waals surface area (Å²) in [7, 11) is 1.73. The Labute approximate surface area is 190 Å². The van der Waals surface area contributed by atoms with Gasteiger partial charge in [0.2, 0.25) is 0 Å². The van der Waals surface area contributed by atoms with E-state index in [4.69, 9.17) is 0 Å². The monoisotopic (exact) mass is 432 g/mol. The van der Waals surface area contributed by atoms with Crippen LogP contribution in [0.5, 0.6) is 0 Å². The van der Waals surface area contributed by atoms with Gasteiger partial charge in [0.15, 0.2) is 0 Å². The predicted molar refractivity (Wildman–Crippen MR) is 129 cm³/mol. The van der Waals surface area contributed by atoms with Gasteiger partial charge in [0.1, 0.15) is 0 Å². The molecule has 6 heteroatoms. The molecular formula is C26H32N4O2. The molecule has 1 atom stereocenters. The van der Waals surface area contributed by atoms with Crippen molar-refractivity contribution in [3.63, 3.8) is 0 Å². The van der Waals surface area contributed by atoms with Crippen LogP contribution in [0.2, 0.25) is 0 Å². The predicted octanol–water partition coefficient (Wildman–Crippen LogP) is 3.12. The number of anilines is 1. The number of β-amino-alcohol motifs (C(OH)–C–C–N with tert-alkyl or cyclic N) is 1. The van der Waals surface area contributed by atoms with Crippen LogP contribution in [0, 0.1) is 0 Å². The Morgan fingerprint density at radius 2 is 1.91 bits per heavy atom. The van der Waals surface area contributed by atoms with E-state index in [9.17, 15) is 9.90 Å². The summed E-state index contributed by atoms with van der Waals surface area (Å²) in [5, 5.41) is 14.1. The summed E-state index contributed by atoms with van der Waals surface area (Å²) in [6, 6.07) is 14.4. The van der Waals surface area contributed by atoms with Crippen LogP contribution < -0.4 is 5.32 Å². The summed E-state index contributed by atoms with van der Waals surface area (Å²) in [5.74, 6) is -0.0101. The van der Waals surface area contributed by atoms with Crippen molar-refractivity contribution in [2.24, 2.45) is 4.99 Å². The maximum Gasteiger partial charge on any atom is 0.254 e. The molecule has 2 aromatic carbocycles. The largest absolute Gasteiger partial charge is 0.390 e. The number of nitrogens with zero attached hydrogens (tertiary/aromatic N) is 3. The van der Waals surface area contributed by atoms with Gasteiger partial charge < -0.3 is 15.3 Å². The van der Waals surface area contributed by atoms with E-state index in [0.29, 0.717) is 25.2 Å². The molecule has 0 saturated carbocycles. The molecule has 0 radical (unpaired) electrons. The lowest BCUT2D eigenvalue weighted by molar-refractivity contribution is 0.0493. The van der Waals surface area contributed by atoms with E-state index in [0.717, 1.165) is 42.9 Å². The van der Waals surface area contributed by atoms with Crippen molar-refractivity contribution in [2.45, 2.75) is 32.4 Å². The molecule has 2 aliphatic heterocycles. The Bertz CT molecular complexity index is 1030. The minimum Gasteiger partial charge on any atom is -0.390 e. The van der Waals surface area contributed by atoms with Gasteiger partial charge in [-0.3, -0.25) is 14.7 Å². The third-order valence-corrected chi connectivity index (χ3v) is 6.26. The van der Waals surface area contributed by atoms with Gasteiger partial charge in [0, 0.05) is 57.2 Å². The van der Waals surface area contributed by atoms with Gasteiger partial charge in [-0.05, 0) is 48.6 Å². The summed E-state index contributed by atoms with van der Waals surface area (Å²) in [4.78, 5) is 21.3. The molecule has 2 aliphatic rings. The number of benzene rings is 2. The number of carbonyl (C=O) groups is 1. The fourth-order valence-corrected chi connectivity index (χ4v) is 4.58. The van der Waals surface area contributed by atoms with Crippen molar-refractivity contribution in [1.82, 2.24) is 9.80 Å². The van der Waals surface area contributed by atoms with Gasteiger partial charge in [0.05, 0.1) is 11.8 Å². The van der Waals surface area contributed by atoms with Crippen LogP contribution in [0.4, 0.5) is 5.69 Å². The molecule has 0 bridgehead atoms. The quantitative estimate of drug-likeness (QED) is 0.660. The highest BCUT2D eigenvalue weighted by Gasteiger charge is 2.27. The van der Waals surface area contributed by atoms with Gasteiger partial charge in [-0.2, -0.15) is 0 Å². The summed E-state index contributed by atoms with van der Waals surface area (Å²) in [6.07, 6.45) is 4.94. The molecule has 2 aromatic rings. The highest BCUT2D eigenvalue weighted by Crippen LogP contribution is 2.24. The lowest BCUT2D eigenvalue weighted by atomic mass is 9.97. The SMILES string of the molecule is C/C=C(\C=NC)Nc1ccc2c(c1)C(=O)N(CC(O)CN1CCc3ccccc3C1)CC2. The molecule has 0 aromatic heterocycles. The minimum atomic E-state index is -0.567. The molecule has 6 nitrogen and oxygen atoms in total. The van der Waals surface area contributed by atoms with E-state index in [2.05, 4.69) is 39.5 Å². The van der Waals surface area contributed by atoms with Gasteiger partial charge >= 0.3 is 0 Å². The molecule has 0 aliphatic carbocycles. The lowest BCUT2D eigenvalue weighted by Crippen LogP contribution is -2.46. The van der Waals surface area contributed by atoms with E-state index >= 15 is 0 Å². The first-order valence-electron chi connectivity index (χ1n) is 11.3. The van der Waals surface area contributed by atoms with Gasteiger partial charge in [-0.15, -0.1) is 0 Å². The number of amides is 1. The second-order valence-electron chi connectivity index (χ2n) is 8.54. The number of allylic oxidation sites excluding steroid dienone is 2. The first kappa shape index (κ1) is 22.2. The van der Waals surface area contributed by atoms with Crippen molar-refractivity contribution >= 4 is 17.8 Å². The van der Waals surface area contributed by atoms with E-state index in [1.807, 2.05) is 31.2 Å². The van der Waals surface area contributed by atoms with Gasteiger partial charge in [0.25, 0.3) is 5.91 Å². The minimum absolute atomic E-state index is 0.0101. The molecule has 1 amide bonds. The Balaban J connectivity index is 1.38. The number of hydrogen-bond donors (Lipinski definition) is 2. The average Bonchev–Trinajstić information content (AvgIpc) is 2.81. The van der Waals surface area contributed by atoms with Crippen molar-refractivity contribution < 1.29 is 9.90 Å². The fourth-order valence-electron chi connectivity index (χ4n) is 4.58.